The van der Waals surface area contributed by atoms with Crippen LogP contribution in [0.2, 0.25) is 0 Å². The lowest BCUT2D eigenvalue weighted by Crippen LogP contribution is -2.14. The molecule has 3 aromatic rings. The minimum absolute atomic E-state index is 0.0440. The van der Waals surface area contributed by atoms with Crippen molar-refractivity contribution in [1.29, 1.82) is 0 Å². The first-order valence-electron chi connectivity index (χ1n) is 8.55. The van der Waals surface area contributed by atoms with Crippen LogP contribution in [0.5, 0.6) is 5.75 Å². The molecule has 0 aliphatic carbocycles. The van der Waals surface area contributed by atoms with Crippen molar-refractivity contribution in [2.45, 2.75) is 11.9 Å². The number of carbonyl (C=O) groups is 2. The smallest absolute Gasteiger partial charge is 0.234 e. The number of anilines is 1. The van der Waals surface area contributed by atoms with Gasteiger partial charge >= 0.3 is 0 Å². The van der Waals surface area contributed by atoms with Crippen LogP contribution in [0.4, 0.5) is 5.69 Å². The summed E-state index contributed by atoms with van der Waals surface area (Å²) in [6, 6.07) is 16.3. The molecule has 0 aliphatic heterocycles. The van der Waals surface area contributed by atoms with Gasteiger partial charge in [0.2, 0.25) is 5.91 Å². The third kappa shape index (κ3) is 5.17. The molecule has 1 heterocycles. The molecule has 1 aromatic heterocycles. The molecule has 28 heavy (non-hydrogen) atoms. The van der Waals surface area contributed by atoms with E-state index in [1.807, 2.05) is 30.3 Å². The molecule has 2 aromatic carbocycles. The minimum atomic E-state index is -0.171. The summed E-state index contributed by atoms with van der Waals surface area (Å²) in [6.45, 7) is 1.49. The molecule has 0 radical (unpaired) electrons. The fraction of sp³-hybridized carbons (Fsp3) is 0.143. The molecule has 0 bridgehead atoms. The Labute approximate surface area is 167 Å². The second-order valence-corrected chi connectivity index (χ2v) is 6.94. The van der Waals surface area contributed by atoms with Crippen molar-refractivity contribution in [3.8, 4) is 17.0 Å². The van der Waals surface area contributed by atoms with Gasteiger partial charge in [0.1, 0.15) is 17.1 Å². The molecule has 0 fully saturated rings. The zero-order chi connectivity index (χ0) is 19.9. The molecular formula is C21H19N3O3S. The SMILES string of the molecule is COc1ccc(-c2cc(SCC(=O)Nc3cccc(C(C)=O)c3)ncn2)cc1. The van der Waals surface area contributed by atoms with Crippen LogP contribution in [0.15, 0.2) is 66.0 Å². The van der Waals surface area contributed by atoms with Crippen LogP contribution >= 0.6 is 11.8 Å². The Morgan fingerprint density at radius 1 is 1.07 bits per heavy atom. The summed E-state index contributed by atoms with van der Waals surface area (Å²) >= 11 is 1.32. The van der Waals surface area contributed by atoms with Crippen LogP contribution in [-0.2, 0) is 4.79 Å². The number of ether oxygens (including phenoxy) is 1. The Bertz CT molecular complexity index is 990. The van der Waals surface area contributed by atoms with Crippen LogP contribution in [0.25, 0.3) is 11.3 Å². The van der Waals surface area contributed by atoms with Crippen LogP contribution in [0, 0.1) is 0 Å². The van der Waals surface area contributed by atoms with Crippen LogP contribution in [0.3, 0.4) is 0 Å². The van der Waals surface area contributed by atoms with Crippen LogP contribution < -0.4 is 10.1 Å². The van der Waals surface area contributed by atoms with Crippen molar-refractivity contribution in [3.63, 3.8) is 0 Å². The van der Waals surface area contributed by atoms with Gasteiger partial charge in [-0.05, 0) is 49.4 Å². The van der Waals surface area contributed by atoms with Gasteiger partial charge in [-0.25, -0.2) is 9.97 Å². The Hall–Kier alpha value is -3.19. The predicted molar refractivity (Wildman–Crippen MR) is 110 cm³/mol. The third-order valence-corrected chi connectivity index (χ3v) is 4.86. The lowest BCUT2D eigenvalue weighted by molar-refractivity contribution is -0.113. The monoisotopic (exact) mass is 393 g/mol. The van der Waals surface area contributed by atoms with Crippen LogP contribution in [0.1, 0.15) is 17.3 Å². The van der Waals surface area contributed by atoms with E-state index in [0.29, 0.717) is 16.3 Å². The Morgan fingerprint density at radius 3 is 2.57 bits per heavy atom. The van der Waals surface area contributed by atoms with Gasteiger partial charge in [0.15, 0.2) is 5.78 Å². The number of hydrogen-bond acceptors (Lipinski definition) is 6. The topological polar surface area (TPSA) is 81.2 Å². The summed E-state index contributed by atoms with van der Waals surface area (Å²) in [6.07, 6.45) is 1.48. The van der Waals surface area contributed by atoms with E-state index >= 15 is 0 Å². The van der Waals surface area contributed by atoms with E-state index in [1.54, 1.807) is 31.4 Å². The molecule has 0 saturated heterocycles. The normalized spacial score (nSPS) is 10.4. The number of Topliss-reactive ketones (excluding diaryl/α,β-unsaturated/α-hetero) is 1. The van der Waals surface area contributed by atoms with Gasteiger partial charge in [-0.3, -0.25) is 9.59 Å². The van der Waals surface area contributed by atoms with Gasteiger partial charge < -0.3 is 10.1 Å². The second kappa shape index (κ2) is 9.14. The predicted octanol–water partition coefficient (Wildman–Crippen LogP) is 4.09. The highest BCUT2D eigenvalue weighted by atomic mass is 32.2. The van der Waals surface area contributed by atoms with E-state index in [2.05, 4.69) is 15.3 Å². The van der Waals surface area contributed by atoms with E-state index in [-0.39, 0.29) is 17.4 Å². The van der Waals surface area contributed by atoms with Crippen molar-refractivity contribution in [2.75, 3.05) is 18.2 Å². The molecule has 142 valence electrons. The fourth-order valence-electron chi connectivity index (χ4n) is 2.49. The molecule has 0 aliphatic rings. The number of methoxy groups -OCH3 is 1. The summed E-state index contributed by atoms with van der Waals surface area (Å²) < 4.78 is 5.16. The number of amides is 1. The Morgan fingerprint density at radius 2 is 1.86 bits per heavy atom. The number of rotatable bonds is 7. The van der Waals surface area contributed by atoms with Gasteiger partial charge in [0.05, 0.1) is 18.6 Å². The number of thioether (sulfide) groups is 1. The summed E-state index contributed by atoms with van der Waals surface area (Å²) in [5.41, 5.74) is 2.87. The first-order valence-corrected chi connectivity index (χ1v) is 9.54. The number of hydrogen-bond donors (Lipinski definition) is 1. The van der Waals surface area contributed by atoms with Crippen molar-refractivity contribution in [3.05, 3.63) is 66.5 Å². The van der Waals surface area contributed by atoms with Gasteiger partial charge in [0, 0.05) is 16.8 Å². The number of carbonyl (C=O) groups excluding carboxylic acids is 2. The molecule has 7 heteroatoms. The highest BCUT2D eigenvalue weighted by molar-refractivity contribution is 7.99. The van der Waals surface area contributed by atoms with Gasteiger partial charge in [-0.2, -0.15) is 0 Å². The summed E-state index contributed by atoms with van der Waals surface area (Å²) in [4.78, 5) is 32.2. The van der Waals surface area contributed by atoms with Crippen molar-refractivity contribution < 1.29 is 14.3 Å². The van der Waals surface area contributed by atoms with Crippen molar-refractivity contribution in [1.82, 2.24) is 9.97 Å². The number of benzene rings is 2. The van der Waals surface area contributed by atoms with E-state index in [0.717, 1.165) is 17.0 Å². The average Bonchev–Trinajstić information content (AvgIpc) is 2.73. The molecule has 3 rings (SSSR count). The number of aromatic nitrogens is 2. The van der Waals surface area contributed by atoms with Gasteiger partial charge in [-0.15, -0.1) is 0 Å². The molecule has 0 unspecified atom stereocenters. The lowest BCUT2D eigenvalue weighted by Gasteiger charge is -2.07. The van der Waals surface area contributed by atoms with Gasteiger partial charge in [-0.1, -0.05) is 23.9 Å². The molecule has 0 saturated carbocycles. The number of ketones is 1. The quantitative estimate of drug-likeness (QED) is 0.370. The first kappa shape index (κ1) is 19.6. The standard InChI is InChI=1S/C21H19N3O3S/c1-14(25)16-4-3-5-17(10-16)24-20(26)12-28-21-11-19(22-13-23-21)15-6-8-18(27-2)9-7-15/h3-11,13H,12H2,1-2H3,(H,24,26). The molecule has 1 N–H and O–H groups in total. The van der Waals surface area contributed by atoms with Crippen LogP contribution in [-0.4, -0.2) is 34.5 Å². The second-order valence-electron chi connectivity index (χ2n) is 5.94. The number of nitrogens with zero attached hydrogens (tertiary/aromatic N) is 2. The lowest BCUT2D eigenvalue weighted by atomic mass is 10.1. The maximum Gasteiger partial charge on any atom is 0.234 e. The average molecular weight is 393 g/mol. The van der Waals surface area contributed by atoms with Crippen molar-refractivity contribution in [2.24, 2.45) is 0 Å². The zero-order valence-corrected chi connectivity index (χ0v) is 16.3. The first-order chi connectivity index (χ1) is 13.5. The molecule has 1 amide bonds. The minimum Gasteiger partial charge on any atom is -0.497 e. The molecule has 0 spiro atoms. The zero-order valence-electron chi connectivity index (χ0n) is 15.5. The fourth-order valence-corrected chi connectivity index (χ4v) is 3.16. The third-order valence-electron chi connectivity index (χ3n) is 3.93. The number of nitrogens with one attached hydrogen (secondary N) is 1. The van der Waals surface area contributed by atoms with E-state index in [1.165, 1.54) is 25.0 Å². The summed E-state index contributed by atoms with van der Waals surface area (Å²) in [7, 11) is 1.62. The Kier molecular flexibility index (Phi) is 6.39. The maximum atomic E-state index is 12.2. The largest absolute Gasteiger partial charge is 0.497 e. The van der Waals surface area contributed by atoms with E-state index in [4.69, 9.17) is 4.74 Å². The summed E-state index contributed by atoms with van der Waals surface area (Å²) in [5.74, 6) is 0.759. The molecule has 0 atom stereocenters. The highest BCUT2D eigenvalue weighted by Crippen LogP contribution is 2.24. The summed E-state index contributed by atoms with van der Waals surface area (Å²) in [5, 5.41) is 3.50. The molecular weight excluding hydrogens is 374 g/mol. The van der Waals surface area contributed by atoms with Gasteiger partial charge in [0.25, 0.3) is 0 Å². The highest BCUT2D eigenvalue weighted by Gasteiger charge is 2.08. The van der Waals surface area contributed by atoms with Crippen molar-refractivity contribution >= 4 is 29.1 Å². The van der Waals surface area contributed by atoms with E-state index in [9.17, 15) is 9.59 Å². The Balaban J connectivity index is 1.62. The maximum absolute atomic E-state index is 12.2. The van der Waals surface area contributed by atoms with E-state index < -0.39 is 0 Å². The molecule has 6 nitrogen and oxygen atoms in total.